The van der Waals surface area contributed by atoms with Crippen molar-refractivity contribution in [3.8, 4) is 0 Å². The second-order valence-electron chi connectivity index (χ2n) is 7.09. The topological polar surface area (TPSA) is 42.0 Å². The van der Waals surface area contributed by atoms with Gasteiger partial charge in [0.15, 0.2) is 0 Å². The van der Waals surface area contributed by atoms with E-state index >= 15 is 0 Å². The summed E-state index contributed by atoms with van der Waals surface area (Å²) in [6.07, 6.45) is 0.578. The van der Waals surface area contributed by atoms with Gasteiger partial charge in [0.1, 0.15) is 0 Å². The Morgan fingerprint density at radius 2 is 2.08 bits per heavy atom. The quantitative estimate of drug-likeness (QED) is 0.826. The molecule has 2 saturated heterocycles. The summed E-state index contributed by atoms with van der Waals surface area (Å²) in [6.45, 7) is 7.48. The van der Waals surface area contributed by atoms with Crippen molar-refractivity contribution in [2.75, 3.05) is 53.1 Å². The number of carbonyl (C=O) groups excluding carboxylic acids is 1. The number of likely N-dealkylation sites (tertiary alicyclic amines) is 1. The van der Waals surface area contributed by atoms with Crippen LogP contribution in [0, 0.1) is 5.41 Å². The largest absolute Gasteiger partial charge is 0.383 e. The summed E-state index contributed by atoms with van der Waals surface area (Å²) in [4.78, 5) is 16.8. The number of hydrogen-bond donors (Lipinski definition) is 0. The van der Waals surface area contributed by atoms with Crippen molar-refractivity contribution < 1.29 is 14.3 Å². The van der Waals surface area contributed by atoms with Gasteiger partial charge in [0.25, 0.3) is 0 Å². The van der Waals surface area contributed by atoms with E-state index in [1.165, 1.54) is 5.56 Å². The Labute approximate surface area is 144 Å². The van der Waals surface area contributed by atoms with Crippen molar-refractivity contribution in [2.45, 2.75) is 19.4 Å². The molecule has 0 bridgehead atoms. The predicted octanol–water partition coefficient (Wildman–Crippen LogP) is 1.94. The first-order chi connectivity index (χ1) is 11.6. The lowest BCUT2D eigenvalue weighted by molar-refractivity contribution is -0.128. The third kappa shape index (κ3) is 3.79. The fourth-order valence-electron chi connectivity index (χ4n) is 3.89. The highest BCUT2D eigenvalue weighted by Gasteiger charge is 2.45. The summed E-state index contributed by atoms with van der Waals surface area (Å²) in [5.41, 5.74) is 1.22. The molecule has 0 aliphatic carbocycles. The van der Waals surface area contributed by atoms with Gasteiger partial charge in [0.05, 0.1) is 19.8 Å². The Hall–Kier alpha value is -1.43. The Kier molecular flexibility index (Phi) is 5.54. The van der Waals surface area contributed by atoms with Crippen LogP contribution in [0.25, 0.3) is 0 Å². The van der Waals surface area contributed by atoms with Crippen LogP contribution in [0.2, 0.25) is 0 Å². The third-order valence-electron chi connectivity index (χ3n) is 5.27. The van der Waals surface area contributed by atoms with Gasteiger partial charge < -0.3 is 14.4 Å². The molecule has 5 heteroatoms. The summed E-state index contributed by atoms with van der Waals surface area (Å²) in [6, 6.07) is 10.9. The van der Waals surface area contributed by atoms with E-state index in [0.717, 1.165) is 26.2 Å². The number of nitrogens with zero attached hydrogens (tertiary/aromatic N) is 2. The number of ether oxygens (including phenoxy) is 2. The smallest absolute Gasteiger partial charge is 0.223 e. The highest BCUT2D eigenvalue weighted by atomic mass is 16.5. The third-order valence-corrected chi connectivity index (χ3v) is 5.27. The maximum absolute atomic E-state index is 12.4. The number of benzene rings is 1. The summed E-state index contributed by atoms with van der Waals surface area (Å²) in [5, 5.41) is 0. The first kappa shape index (κ1) is 17.4. The van der Waals surface area contributed by atoms with Crippen LogP contribution in [0.4, 0.5) is 0 Å². The van der Waals surface area contributed by atoms with E-state index in [4.69, 9.17) is 9.47 Å². The number of hydrogen-bond acceptors (Lipinski definition) is 4. The van der Waals surface area contributed by atoms with E-state index in [0.29, 0.717) is 32.2 Å². The SMILES string of the molecule is COCCN1C[C@]2(COCCN([C@H](C)c3ccccc3)C2)CC1=O. The van der Waals surface area contributed by atoms with Crippen molar-refractivity contribution in [1.82, 2.24) is 9.80 Å². The zero-order valence-electron chi connectivity index (χ0n) is 14.7. The van der Waals surface area contributed by atoms with Gasteiger partial charge in [0, 0.05) is 51.2 Å². The molecular weight excluding hydrogens is 304 g/mol. The minimum absolute atomic E-state index is 0.0929. The molecule has 3 rings (SSSR count). The Morgan fingerprint density at radius 3 is 2.83 bits per heavy atom. The lowest BCUT2D eigenvalue weighted by atomic mass is 9.86. The van der Waals surface area contributed by atoms with Gasteiger partial charge in [-0.05, 0) is 12.5 Å². The second kappa shape index (κ2) is 7.64. The van der Waals surface area contributed by atoms with Crippen molar-refractivity contribution in [2.24, 2.45) is 5.41 Å². The fraction of sp³-hybridized carbons (Fsp3) is 0.632. The molecule has 5 nitrogen and oxygen atoms in total. The first-order valence-corrected chi connectivity index (χ1v) is 8.77. The molecule has 1 aromatic rings. The van der Waals surface area contributed by atoms with Crippen molar-refractivity contribution in [3.05, 3.63) is 35.9 Å². The zero-order chi connectivity index (χ0) is 17.0. The molecule has 1 amide bonds. The van der Waals surface area contributed by atoms with Crippen LogP contribution < -0.4 is 0 Å². The normalized spacial score (nSPS) is 26.8. The van der Waals surface area contributed by atoms with Crippen LogP contribution in [0.1, 0.15) is 24.9 Å². The second-order valence-corrected chi connectivity index (χ2v) is 7.09. The van der Waals surface area contributed by atoms with Gasteiger partial charge in [-0.15, -0.1) is 0 Å². The average Bonchev–Trinajstić information content (AvgIpc) is 2.77. The maximum atomic E-state index is 12.4. The fourth-order valence-corrected chi connectivity index (χ4v) is 3.89. The predicted molar refractivity (Wildman–Crippen MR) is 92.8 cm³/mol. The maximum Gasteiger partial charge on any atom is 0.223 e. The monoisotopic (exact) mass is 332 g/mol. The zero-order valence-corrected chi connectivity index (χ0v) is 14.7. The van der Waals surface area contributed by atoms with Crippen LogP contribution in [-0.4, -0.2) is 68.8 Å². The summed E-state index contributed by atoms with van der Waals surface area (Å²) in [5.74, 6) is 0.227. The van der Waals surface area contributed by atoms with Crippen molar-refractivity contribution in [1.29, 1.82) is 0 Å². The lowest BCUT2D eigenvalue weighted by Gasteiger charge is -2.35. The molecule has 2 atom stereocenters. The van der Waals surface area contributed by atoms with Crippen LogP contribution in [0.15, 0.2) is 30.3 Å². The van der Waals surface area contributed by atoms with Gasteiger partial charge >= 0.3 is 0 Å². The molecule has 2 heterocycles. The minimum Gasteiger partial charge on any atom is -0.383 e. The number of amides is 1. The highest BCUT2D eigenvalue weighted by molar-refractivity contribution is 5.79. The van der Waals surface area contributed by atoms with Crippen LogP contribution in [-0.2, 0) is 14.3 Å². The highest BCUT2D eigenvalue weighted by Crippen LogP contribution is 2.36. The van der Waals surface area contributed by atoms with E-state index in [1.807, 2.05) is 11.0 Å². The van der Waals surface area contributed by atoms with E-state index in [1.54, 1.807) is 7.11 Å². The van der Waals surface area contributed by atoms with Crippen molar-refractivity contribution >= 4 is 5.91 Å². The molecular formula is C19H28N2O3. The van der Waals surface area contributed by atoms with E-state index in [9.17, 15) is 4.79 Å². The van der Waals surface area contributed by atoms with Gasteiger partial charge in [-0.25, -0.2) is 0 Å². The minimum atomic E-state index is -0.0929. The molecule has 0 radical (unpaired) electrons. The van der Waals surface area contributed by atoms with E-state index in [-0.39, 0.29) is 11.3 Å². The molecule has 1 aromatic carbocycles. The van der Waals surface area contributed by atoms with Crippen LogP contribution >= 0.6 is 0 Å². The molecule has 24 heavy (non-hydrogen) atoms. The van der Waals surface area contributed by atoms with Crippen LogP contribution in [0.3, 0.4) is 0 Å². The molecule has 0 aromatic heterocycles. The molecule has 1 spiro atoms. The lowest BCUT2D eigenvalue weighted by Crippen LogP contribution is -2.42. The molecule has 2 fully saturated rings. The molecule has 0 unspecified atom stereocenters. The summed E-state index contributed by atoms with van der Waals surface area (Å²) in [7, 11) is 1.67. The van der Waals surface area contributed by atoms with Gasteiger partial charge in [-0.2, -0.15) is 0 Å². The van der Waals surface area contributed by atoms with E-state index in [2.05, 4.69) is 36.1 Å². The first-order valence-electron chi connectivity index (χ1n) is 8.77. The molecule has 2 aliphatic rings. The van der Waals surface area contributed by atoms with Gasteiger partial charge in [-0.1, -0.05) is 30.3 Å². The number of rotatable bonds is 5. The molecule has 132 valence electrons. The summed E-state index contributed by atoms with van der Waals surface area (Å²) >= 11 is 0. The Balaban J connectivity index is 1.72. The Bertz CT molecular complexity index is 551. The number of methoxy groups -OCH3 is 1. The van der Waals surface area contributed by atoms with E-state index < -0.39 is 0 Å². The van der Waals surface area contributed by atoms with Gasteiger partial charge in [0.2, 0.25) is 5.91 Å². The molecule has 0 N–H and O–H groups in total. The van der Waals surface area contributed by atoms with Crippen LogP contribution in [0.5, 0.6) is 0 Å². The Morgan fingerprint density at radius 1 is 1.29 bits per heavy atom. The van der Waals surface area contributed by atoms with Gasteiger partial charge in [-0.3, -0.25) is 9.69 Å². The standard InChI is InChI=1S/C19H28N2O3/c1-16(17-6-4-3-5-7-17)20-9-11-24-15-19(13-20)12-18(22)21(14-19)8-10-23-2/h3-7,16H,8-15H2,1-2H3/t16-,19+/m1/s1. The summed E-state index contributed by atoms with van der Waals surface area (Å²) < 4.78 is 11.0. The molecule has 0 saturated carbocycles. The molecule has 2 aliphatic heterocycles. The van der Waals surface area contributed by atoms with Crippen molar-refractivity contribution in [3.63, 3.8) is 0 Å². The average molecular weight is 332 g/mol. The number of carbonyl (C=O) groups is 1.